The lowest BCUT2D eigenvalue weighted by Gasteiger charge is -2.31. The zero-order chi connectivity index (χ0) is 11.9. The van der Waals surface area contributed by atoms with Crippen LogP contribution in [0.1, 0.15) is 25.3 Å². The van der Waals surface area contributed by atoms with Gasteiger partial charge in [0.15, 0.2) is 0 Å². The minimum atomic E-state index is 0.603. The molecule has 0 spiro atoms. The molecular formula is C15H23NO. The first-order valence-corrected chi connectivity index (χ1v) is 6.75. The topological polar surface area (TPSA) is 21.3 Å². The summed E-state index contributed by atoms with van der Waals surface area (Å²) in [6.45, 7) is 5.11. The molecule has 0 saturated carbocycles. The fourth-order valence-electron chi connectivity index (χ4n) is 2.65. The van der Waals surface area contributed by atoms with Crippen LogP contribution in [0.2, 0.25) is 0 Å². The predicted molar refractivity (Wildman–Crippen MR) is 71.2 cm³/mol. The number of ether oxygens (including phenoxy) is 1. The van der Waals surface area contributed by atoms with E-state index >= 15 is 0 Å². The monoisotopic (exact) mass is 233 g/mol. The molecule has 1 aromatic rings. The van der Waals surface area contributed by atoms with Gasteiger partial charge < -0.3 is 10.1 Å². The molecular weight excluding hydrogens is 210 g/mol. The van der Waals surface area contributed by atoms with Crippen LogP contribution in [0.4, 0.5) is 0 Å². The first-order valence-electron chi connectivity index (χ1n) is 6.75. The first-order chi connectivity index (χ1) is 8.40. The molecule has 0 radical (unpaired) electrons. The van der Waals surface area contributed by atoms with Crippen LogP contribution in [0.3, 0.4) is 0 Å². The highest BCUT2D eigenvalue weighted by molar-refractivity contribution is 5.16. The third-order valence-electron chi connectivity index (χ3n) is 3.60. The molecule has 0 aliphatic carbocycles. The normalized spacial score (nSPS) is 19.1. The molecule has 2 rings (SSSR count). The van der Waals surface area contributed by atoms with E-state index in [1.165, 1.54) is 18.4 Å². The lowest BCUT2D eigenvalue weighted by Crippen LogP contribution is -2.40. The maximum Gasteiger partial charge on any atom is 0.0469 e. The molecule has 0 aromatic heterocycles. The summed E-state index contributed by atoms with van der Waals surface area (Å²) in [6, 6.07) is 11.4. The van der Waals surface area contributed by atoms with Crippen LogP contribution in [0.15, 0.2) is 30.3 Å². The highest BCUT2D eigenvalue weighted by Crippen LogP contribution is 2.21. The number of rotatable bonds is 5. The van der Waals surface area contributed by atoms with Crippen molar-refractivity contribution in [3.8, 4) is 0 Å². The number of hydrogen-bond acceptors (Lipinski definition) is 2. The predicted octanol–water partition coefficient (Wildman–Crippen LogP) is 2.63. The first kappa shape index (κ1) is 12.6. The van der Waals surface area contributed by atoms with E-state index in [0.29, 0.717) is 6.04 Å². The molecule has 2 heteroatoms. The van der Waals surface area contributed by atoms with Crippen molar-refractivity contribution in [1.82, 2.24) is 5.32 Å². The van der Waals surface area contributed by atoms with Crippen molar-refractivity contribution in [2.45, 2.75) is 32.2 Å². The Morgan fingerprint density at radius 3 is 2.59 bits per heavy atom. The molecule has 1 fully saturated rings. The summed E-state index contributed by atoms with van der Waals surface area (Å²) in [4.78, 5) is 0. The Balaban J connectivity index is 1.96. The van der Waals surface area contributed by atoms with Crippen LogP contribution >= 0.6 is 0 Å². The van der Waals surface area contributed by atoms with Gasteiger partial charge in [0.25, 0.3) is 0 Å². The van der Waals surface area contributed by atoms with Crippen molar-refractivity contribution >= 4 is 0 Å². The zero-order valence-corrected chi connectivity index (χ0v) is 10.7. The molecule has 0 amide bonds. The summed E-state index contributed by atoms with van der Waals surface area (Å²) in [6.07, 6.45) is 3.54. The van der Waals surface area contributed by atoms with Gasteiger partial charge in [-0.1, -0.05) is 37.3 Å². The Labute approximate surface area is 104 Å². The minimum Gasteiger partial charge on any atom is -0.381 e. The number of nitrogens with one attached hydrogen (secondary N) is 1. The minimum absolute atomic E-state index is 0.603. The molecule has 1 aliphatic rings. The molecule has 0 bridgehead atoms. The summed E-state index contributed by atoms with van der Waals surface area (Å²) in [5.74, 6) is 0.768. The molecule has 1 unspecified atom stereocenters. The van der Waals surface area contributed by atoms with Gasteiger partial charge >= 0.3 is 0 Å². The van der Waals surface area contributed by atoms with Crippen LogP contribution in [0, 0.1) is 5.92 Å². The van der Waals surface area contributed by atoms with Crippen LogP contribution < -0.4 is 5.32 Å². The second-order valence-corrected chi connectivity index (χ2v) is 4.80. The summed E-state index contributed by atoms with van der Waals surface area (Å²) in [5, 5.41) is 3.65. The average Bonchev–Trinajstić information content (AvgIpc) is 2.40. The van der Waals surface area contributed by atoms with Gasteiger partial charge in [0.05, 0.1) is 0 Å². The van der Waals surface area contributed by atoms with Crippen molar-refractivity contribution in [2.75, 3.05) is 19.8 Å². The van der Waals surface area contributed by atoms with Crippen LogP contribution in [-0.4, -0.2) is 25.8 Å². The average molecular weight is 233 g/mol. The quantitative estimate of drug-likeness (QED) is 0.844. The Bertz CT molecular complexity index is 306. The summed E-state index contributed by atoms with van der Waals surface area (Å²) < 4.78 is 5.45. The molecule has 1 aromatic carbocycles. The summed E-state index contributed by atoms with van der Waals surface area (Å²) >= 11 is 0. The maximum absolute atomic E-state index is 5.45. The van der Waals surface area contributed by atoms with Crippen molar-refractivity contribution in [3.05, 3.63) is 35.9 Å². The van der Waals surface area contributed by atoms with Gasteiger partial charge in [0, 0.05) is 19.3 Å². The number of likely N-dealkylation sites (N-methyl/N-ethyl adjacent to an activating group) is 1. The molecule has 2 nitrogen and oxygen atoms in total. The second kappa shape index (κ2) is 6.77. The molecule has 17 heavy (non-hydrogen) atoms. The Morgan fingerprint density at radius 1 is 1.24 bits per heavy atom. The largest absolute Gasteiger partial charge is 0.381 e. The second-order valence-electron chi connectivity index (χ2n) is 4.80. The Hall–Kier alpha value is -0.860. The molecule has 1 heterocycles. The van der Waals surface area contributed by atoms with E-state index in [9.17, 15) is 0 Å². The van der Waals surface area contributed by atoms with Gasteiger partial charge in [-0.25, -0.2) is 0 Å². The van der Waals surface area contributed by atoms with Gasteiger partial charge in [0.2, 0.25) is 0 Å². The van der Waals surface area contributed by atoms with Crippen LogP contribution in [0.5, 0.6) is 0 Å². The van der Waals surface area contributed by atoms with E-state index in [0.717, 1.165) is 32.1 Å². The zero-order valence-electron chi connectivity index (χ0n) is 10.7. The molecule has 94 valence electrons. The maximum atomic E-state index is 5.45. The SMILES string of the molecule is CCNC(Cc1ccccc1)C1CCOCC1. The van der Waals surface area contributed by atoms with Crippen molar-refractivity contribution in [2.24, 2.45) is 5.92 Å². The molecule has 1 aliphatic heterocycles. The van der Waals surface area contributed by atoms with Gasteiger partial charge in [-0.15, -0.1) is 0 Å². The van der Waals surface area contributed by atoms with Gasteiger partial charge in [-0.05, 0) is 37.3 Å². The third kappa shape index (κ3) is 3.83. The summed E-state index contributed by atoms with van der Waals surface area (Å²) in [5.41, 5.74) is 1.44. The number of hydrogen-bond donors (Lipinski definition) is 1. The van der Waals surface area contributed by atoms with Gasteiger partial charge in [-0.3, -0.25) is 0 Å². The lowest BCUT2D eigenvalue weighted by atomic mass is 9.87. The van der Waals surface area contributed by atoms with Crippen molar-refractivity contribution < 1.29 is 4.74 Å². The van der Waals surface area contributed by atoms with Crippen molar-refractivity contribution in [1.29, 1.82) is 0 Å². The van der Waals surface area contributed by atoms with E-state index < -0.39 is 0 Å². The van der Waals surface area contributed by atoms with E-state index in [2.05, 4.69) is 42.6 Å². The molecule has 1 atom stereocenters. The smallest absolute Gasteiger partial charge is 0.0469 e. The van der Waals surface area contributed by atoms with Crippen molar-refractivity contribution in [3.63, 3.8) is 0 Å². The standard InChI is InChI=1S/C15H23NO/c1-2-16-15(14-8-10-17-11-9-14)12-13-6-4-3-5-7-13/h3-7,14-16H,2,8-12H2,1H3. The molecule has 1 N–H and O–H groups in total. The lowest BCUT2D eigenvalue weighted by molar-refractivity contribution is 0.0540. The third-order valence-corrected chi connectivity index (χ3v) is 3.60. The van der Waals surface area contributed by atoms with E-state index in [4.69, 9.17) is 4.74 Å². The van der Waals surface area contributed by atoms with E-state index in [1.54, 1.807) is 0 Å². The van der Waals surface area contributed by atoms with Gasteiger partial charge in [-0.2, -0.15) is 0 Å². The van der Waals surface area contributed by atoms with E-state index in [-0.39, 0.29) is 0 Å². The fraction of sp³-hybridized carbons (Fsp3) is 0.600. The highest BCUT2D eigenvalue weighted by Gasteiger charge is 2.23. The fourth-order valence-corrected chi connectivity index (χ4v) is 2.65. The molecule has 1 saturated heterocycles. The summed E-state index contributed by atoms with van der Waals surface area (Å²) in [7, 11) is 0. The van der Waals surface area contributed by atoms with Crippen LogP contribution in [0.25, 0.3) is 0 Å². The number of benzene rings is 1. The Morgan fingerprint density at radius 2 is 1.94 bits per heavy atom. The van der Waals surface area contributed by atoms with E-state index in [1.807, 2.05) is 0 Å². The Kier molecular flexibility index (Phi) is 5.02. The van der Waals surface area contributed by atoms with Crippen LogP contribution in [-0.2, 0) is 11.2 Å². The highest BCUT2D eigenvalue weighted by atomic mass is 16.5. The van der Waals surface area contributed by atoms with Gasteiger partial charge in [0.1, 0.15) is 0 Å².